The van der Waals surface area contributed by atoms with Crippen molar-refractivity contribution in [2.75, 3.05) is 4.90 Å². The summed E-state index contributed by atoms with van der Waals surface area (Å²) in [5.41, 5.74) is 2.54. The molecule has 4 heterocycles. The summed E-state index contributed by atoms with van der Waals surface area (Å²) in [5.74, 6) is -0.256. The van der Waals surface area contributed by atoms with Gasteiger partial charge in [0, 0.05) is 36.0 Å². The molecule has 0 radical (unpaired) electrons. The fourth-order valence-electron chi connectivity index (χ4n) is 4.36. The summed E-state index contributed by atoms with van der Waals surface area (Å²) in [6.45, 7) is 9.76. The minimum Gasteiger partial charge on any atom is -0.299 e. The Hall–Kier alpha value is -3.56. The number of hydrogen-bond donors (Lipinski definition) is 0. The normalized spacial score (nSPS) is 15.4. The van der Waals surface area contributed by atoms with Crippen molar-refractivity contribution >= 4 is 17.4 Å². The highest BCUT2D eigenvalue weighted by Gasteiger charge is 2.47. The Morgan fingerprint density at radius 3 is 2.42 bits per heavy atom. The number of carbonyl (C=O) groups is 2. The van der Waals surface area contributed by atoms with Crippen molar-refractivity contribution < 1.29 is 22.8 Å². The molecule has 0 unspecified atom stereocenters. The standard InChI is InChI=1S/C26H28F3N5O2/c1-15-7-19(17-8-16(10-30-11-17)9-20(35)24(2,3)4)32-22-21(15)23(36)34(25(22,5)6)18-12-31-33(13-18)14-26(27,28)29/h7-8,10-13H,9,14H2,1-6H3. The number of ketones is 1. The number of amides is 1. The van der Waals surface area contributed by atoms with Crippen molar-refractivity contribution in [3.05, 3.63) is 59.3 Å². The molecule has 190 valence electrons. The van der Waals surface area contributed by atoms with E-state index in [1.807, 2.05) is 26.8 Å². The monoisotopic (exact) mass is 499 g/mol. The van der Waals surface area contributed by atoms with Crippen molar-refractivity contribution in [2.24, 2.45) is 5.41 Å². The molecule has 7 nitrogen and oxygen atoms in total. The molecule has 4 rings (SSSR count). The van der Waals surface area contributed by atoms with Crippen molar-refractivity contribution in [3.8, 4) is 11.3 Å². The van der Waals surface area contributed by atoms with E-state index < -0.39 is 23.7 Å². The second-order valence-corrected chi connectivity index (χ2v) is 10.7. The molecule has 0 saturated carbocycles. The first-order chi connectivity index (χ1) is 16.6. The average Bonchev–Trinajstić information content (AvgIpc) is 3.25. The molecule has 3 aromatic rings. The number of pyridine rings is 2. The van der Waals surface area contributed by atoms with Crippen LogP contribution in [0.15, 0.2) is 36.9 Å². The van der Waals surface area contributed by atoms with Crippen LogP contribution in [-0.4, -0.2) is 37.6 Å². The number of aryl methyl sites for hydroxylation is 1. The smallest absolute Gasteiger partial charge is 0.299 e. The third kappa shape index (κ3) is 4.76. The summed E-state index contributed by atoms with van der Waals surface area (Å²) in [7, 11) is 0. The number of fused-ring (bicyclic) bond motifs is 1. The van der Waals surface area contributed by atoms with Crippen LogP contribution >= 0.6 is 0 Å². The number of nitrogens with zero attached hydrogens (tertiary/aromatic N) is 5. The van der Waals surface area contributed by atoms with E-state index in [1.54, 1.807) is 39.2 Å². The van der Waals surface area contributed by atoms with Gasteiger partial charge < -0.3 is 0 Å². The second-order valence-electron chi connectivity index (χ2n) is 10.7. The Morgan fingerprint density at radius 1 is 1.08 bits per heavy atom. The summed E-state index contributed by atoms with van der Waals surface area (Å²) in [6, 6.07) is 3.66. The molecular formula is C26H28F3N5O2. The molecule has 0 fully saturated rings. The van der Waals surface area contributed by atoms with Gasteiger partial charge in [-0.25, -0.2) is 4.98 Å². The third-order valence-electron chi connectivity index (χ3n) is 6.28. The van der Waals surface area contributed by atoms with Gasteiger partial charge in [0.2, 0.25) is 0 Å². The summed E-state index contributed by atoms with van der Waals surface area (Å²) >= 11 is 0. The molecule has 1 aliphatic heterocycles. The van der Waals surface area contributed by atoms with Crippen molar-refractivity contribution in [1.82, 2.24) is 19.7 Å². The van der Waals surface area contributed by atoms with Gasteiger partial charge in [-0.3, -0.25) is 24.2 Å². The summed E-state index contributed by atoms with van der Waals surface area (Å²) < 4.78 is 39.2. The lowest BCUT2D eigenvalue weighted by molar-refractivity contribution is -0.142. The van der Waals surface area contributed by atoms with Crippen LogP contribution in [0.2, 0.25) is 0 Å². The first-order valence-corrected chi connectivity index (χ1v) is 11.5. The number of hydrogen-bond acceptors (Lipinski definition) is 5. The summed E-state index contributed by atoms with van der Waals surface area (Å²) in [4.78, 5) is 36.5. The van der Waals surface area contributed by atoms with Gasteiger partial charge in [0.15, 0.2) is 0 Å². The Labute approximate surface area is 207 Å². The molecule has 10 heteroatoms. The zero-order chi connectivity index (χ0) is 26.6. The Bertz CT molecular complexity index is 1350. The lowest BCUT2D eigenvalue weighted by atomic mass is 9.87. The van der Waals surface area contributed by atoms with E-state index in [1.165, 1.54) is 17.3 Å². The largest absolute Gasteiger partial charge is 0.408 e. The summed E-state index contributed by atoms with van der Waals surface area (Å²) in [5, 5.41) is 3.79. The average molecular weight is 500 g/mol. The number of anilines is 1. The van der Waals surface area contributed by atoms with Crippen molar-refractivity contribution in [3.63, 3.8) is 0 Å². The van der Waals surface area contributed by atoms with Gasteiger partial charge in [0.05, 0.1) is 34.4 Å². The molecule has 0 atom stereocenters. The van der Waals surface area contributed by atoms with Crippen LogP contribution in [0.5, 0.6) is 0 Å². The molecule has 0 saturated heterocycles. The van der Waals surface area contributed by atoms with Gasteiger partial charge in [0.1, 0.15) is 12.3 Å². The summed E-state index contributed by atoms with van der Waals surface area (Å²) in [6.07, 6.45) is 1.60. The first-order valence-electron chi connectivity index (χ1n) is 11.5. The minimum absolute atomic E-state index is 0.0907. The van der Waals surface area contributed by atoms with E-state index in [-0.39, 0.29) is 23.8 Å². The van der Waals surface area contributed by atoms with E-state index in [0.717, 1.165) is 10.2 Å². The van der Waals surface area contributed by atoms with E-state index in [4.69, 9.17) is 4.98 Å². The number of halogens is 3. The zero-order valence-electron chi connectivity index (χ0n) is 21.1. The molecule has 36 heavy (non-hydrogen) atoms. The van der Waals surface area contributed by atoms with Crippen LogP contribution in [0.3, 0.4) is 0 Å². The second kappa shape index (κ2) is 8.53. The van der Waals surface area contributed by atoms with Gasteiger partial charge in [-0.15, -0.1) is 0 Å². The maximum absolute atomic E-state index is 13.4. The fraction of sp³-hybridized carbons (Fsp3) is 0.423. The Balaban J connectivity index is 1.71. The van der Waals surface area contributed by atoms with E-state index >= 15 is 0 Å². The molecule has 0 aliphatic carbocycles. The van der Waals surface area contributed by atoms with Crippen LogP contribution in [-0.2, 0) is 23.3 Å². The van der Waals surface area contributed by atoms with Crippen LogP contribution in [0.25, 0.3) is 11.3 Å². The van der Waals surface area contributed by atoms with Gasteiger partial charge in [-0.2, -0.15) is 18.3 Å². The van der Waals surface area contributed by atoms with Gasteiger partial charge in [-0.05, 0) is 44.0 Å². The van der Waals surface area contributed by atoms with Crippen LogP contribution in [0, 0.1) is 12.3 Å². The number of alkyl halides is 3. The van der Waals surface area contributed by atoms with E-state index in [0.29, 0.717) is 28.1 Å². The van der Waals surface area contributed by atoms with Crippen molar-refractivity contribution in [2.45, 2.75) is 66.2 Å². The van der Waals surface area contributed by atoms with Crippen LogP contribution in [0.4, 0.5) is 18.9 Å². The Kier molecular flexibility index (Phi) is 6.05. The van der Waals surface area contributed by atoms with E-state index in [9.17, 15) is 22.8 Å². The van der Waals surface area contributed by atoms with Gasteiger partial charge in [-0.1, -0.05) is 20.8 Å². The molecule has 0 aromatic carbocycles. The highest BCUT2D eigenvalue weighted by Crippen LogP contribution is 2.43. The highest BCUT2D eigenvalue weighted by atomic mass is 19.4. The number of carbonyl (C=O) groups excluding carboxylic acids is 2. The highest BCUT2D eigenvalue weighted by molar-refractivity contribution is 6.12. The fourth-order valence-corrected chi connectivity index (χ4v) is 4.36. The van der Waals surface area contributed by atoms with E-state index in [2.05, 4.69) is 10.1 Å². The van der Waals surface area contributed by atoms with Gasteiger partial charge >= 0.3 is 6.18 Å². The molecule has 0 N–H and O–H groups in total. The maximum atomic E-state index is 13.4. The SMILES string of the molecule is Cc1cc(-c2cncc(CC(=O)C(C)(C)C)c2)nc2c1C(=O)N(c1cnn(CC(F)(F)F)c1)C2(C)C. The predicted octanol–water partition coefficient (Wildman–Crippen LogP) is 5.26. The molecular weight excluding hydrogens is 471 g/mol. The minimum atomic E-state index is -4.43. The quantitative estimate of drug-likeness (QED) is 0.478. The van der Waals surface area contributed by atoms with Crippen LogP contribution < -0.4 is 4.90 Å². The maximum Gasteiger partial charge on any atom is 0.408 e. The zero-order valence-corrected chi connectivity index (χ0v) is 21.1. The van der Waals surface area contributed by atoms with Crippen molar-refractivity contribution in [1.29, 1.82) is 0 Å². The van der Waals surface area contributed by atoms with Crippen LogP contribution in [0.1, 0.15) is 61.8 Å². The number of rotatable bonds is 5. The topological polar surface area (TPSA) is 81.0 Å². The predicted molar refractivity (Wildman–Crippen MR) is 128 cm³/mol. The third-order valence-corrected chi connectivity index (χ3v) is 6.28. The number of aromatic nitrogens is 4. The molecule has 0 bridgehead atoms. The molecule has 0 spiro atoms. The Morgan fingerprint density at radius 2 is 1.78 bits per heavy atom. The first kappa shape index (κ1) is 25.5. The lowest BCUT2D eigenvalue weighted by Gasteiger charge is -2.30. The van der Waals surface area contributed by atoms with Gasteiger partial charge in [0.25, 0.3) is 5.91 Å². The molecule has 1 amide bonds. The molecule has 3 aromatic heterocycles. The molecule has 1 aliphatic rings. The number of Topliss-reactive ketones (excluding diaryl/α,β-unsaturated/α-hetero) is 1. The lowest BCUT2D eigenvalue weighted by Crippen LogP contribution is -2.39.